The number of anilines is 1. The van der Waals surface area contributed by atoms with Gasteiger partial charge >= 0.3 is 0 Å². The second kappa shape index (κ2) is 9.65. The highest BCUT2D eigenvalue weighted by Crippen LogP contribution is 2.36. The van der Waals surface area contributed by atoms with Crippen LogP contribution in [0.5, 0.6) is 0 Å². The lowest BCUT2D eigenvalue weighted by Crippen LogP contribution is -2.47. The van der Waals surface area contributed by atoms with Crippen LogP contribution in [0, 0.1) is 5.92 Å². The molecule has 1 saturated carbocycles. The molecule has 180 valence electrons. The molecule has 2 aromatic rings. The summed E-state index contributed by atoms with van der Waals surface area (Å²) in [5.74, 6) is 2.07. The van der Waals surface area contributed by atoms with E-state index in [1.165, 1.54) is 37.6 Å². The Morgan fingerprint density at radius 2 is 1.85 bits per heavy atom. The molecule has 1 aliphatic carbocycles. The number of fused-ring (bicyclic) bond motifs is 1. The Labute approximate surface area is 198 Å². The molecule has 5 rings (SSSR count). The zero-order chi connectivity index (χ0) is 22.9. The van der Waals surface area contributed by atoms with E-state index < -0.39 is 0 Å². The fourth-order valence-electron chi connectivity index (χ4n) is 5.88. The van der Waals surface area contributed by atoms with Crippen LogP contribution >= 0.6 is 0 Å². The molecule has 3 aliphatic rings. The number of imidazole rings is 1. The van der Waals surface area contributed by atoms with Crippen LogP contribution in [0.1, 0.15) is 76.1 Å². The van der Waals surface area contributed by atoms with Crippen molar-refractivity contribution in [1.82, 2.24) is 19.4 Å². The predicted molar refractivity (Wildman–Crippen MR) is 135 cm³/mol. The number of nitrogens with zero attached hydrogens (tertiary/aromatic N) is 5. The zero-order valence-corrected chi connectivity index (χ0v) is 20.8. The monoisotopic (exact) mass is 451 g/mol. The van der Waals surface area contributed by atoms with Crippen LogP contribution in [-0.4, -0.2) is 70.1 Å². The van der Waals surface area contributed by atoms with Gasteiger partial charge < -0.3 is 19.3 Å². The molecule has 0 radical (unpaired) electrons. The Morgan fingerprint density at radius 1 is 1.06 bits per heavy atom. The number of hydrogen-bond donors (Lipinski definition) is 0. The summed E-state index contributed by atoms with van der Waals surface area (Å²) in [6, 6.07) is 7.13. The Morgan fingerprint density at radius 3 is 2.52 bits per heavy atom. The van der Waals surface area contributed by atoms with Crippen LogP contribution in [0.4, 0.5) is 5.95 Å². The van der Waals surface area contributed by atoms with Crippen molar-refractivity contribution in [3.8, 4) is 0 Å². The van der Waals surface area contributed by atoms with Crippen molar-refractivity contribution in [3.63, 3.8) is 0 Å². The van der Waals surface area contributed by atoms with E-state index in [0.29, 0.717) is 12.1 Å². The summed E-state index contributed by atoms with van der Waals surface area (Å²) in [6.07, 6.45) is 8.58. The number of rotatable bonds is 7. The number of carbonyl (C=O) groups excluding carboxylic acids is 1. The highest BCUT2D eigenvalue weighted by molar-refractivity contribution is 5.98. The summed E-state index contributed by atoms with van der Waals surface area (Å²) in [5, 5.41) is 0. The molecule has 0 spiro atoms. The standard InChI is InChI=1S/C27H41N5O/c1-4-29-16-13-23(14-17-29)30(5-2)26(33)22-11-12-25-24(18-22)28-27(32(25)19-21-9-10-21)31-15-7-6-8-20(31)3/h11-12,18,20-21,23H,4-10,13-17,19H2,1-3H3. The zero-order valence-electron chi connectivity index (χ0n) is 20.8. The molecular formula is C27H41N5O. The van der Waals surface area contributed by atoms with Gasteiger partial charge in [0.15, 0.2) is 0 Å². The first-order chi connectivity index (χ1) is 16.1. The largest absolute Gasteiger partial charge is 0.340 e. The Hall–Kier alpha value is -2.08. The molecule has 2 saturated heterocycles. The quantitative estimate of drug-likeness (QED) is 0.608. The van der Waals surface area contributed by atoms with Crippen molar-refractivity contribution < 1.29 is 4.79 Å². The van der Waals surface area contributed by atoms with E-state index >= 15 is 0 Å². The average Bonchev–Trinajstić information content (AvgIpc) is 3.60. The summed E-state index contributed by atoms with van der Waals surface area (Å²) < 4.78 is 2.45. The lowest BCUT2D eigenvalue weighted by atomic mass is 10.0. The molecule has 1 aromatic heterocycles. The number of amides is 1. The highest BCUT2D eigenvalue weighted by atomic mass is 16.2. The van der Waals surface area contributed by atoms with Gasteiger partial charge in [-0.1, -0.05) is 6.92 Å². The normalized spacial score (nSPS) is 22.8. The van der Waals surface area contributed by atoms with Gasteiger partial charge in [0.2, 0.25) is 5.95 Å². The Bertz CT molecular complexity index is 972. The minimum absolute atomic E-state index is 0.166. The first-order valence-electron chi connectivity index (χ1n) is 13.4. The van der Waals surface area contributed by atoms with Crippen molar-refractivity contribution in [3.05, 3.63) is 23.8 Å². The van der Waals surface area contributed by atoms with E-state index in [4.69, 9.17) is 4.98 Å². The van der Waals surface area contributed by atoms with Gasteiger partial charge in [-0.25, -0.2) is 4.98 Å². The molecule has 0 N–H and O–H groups in total. The van der Waals surface area contributed by atoms with Gasteiger partial charge in [0.05, 0.1) is 11.0 Å². The second-order valence-corrected chi connectivity index (χ2v) is 10.5. The van der Waals surface area contributed by atoms with E-state index in [2.05, 4.69) is 52.2 Å². The molecule has 6 nitrogen and oxygen atoms in total. The van der Waals surface area contributed by atoms with E-state index in [-0.39, 0.29) is 5.91 Å². The number of carbonyl (C=O) groups is 1. The fraction of sp³-hybridized carbons (Fsp3) is 0.704. The minimum Gasteiger partial charge on any atom is -0.340 e. The SMILES string of the molecule is CCN1CCC(N(CC)C(=O)c2ccc3c(c2)nc(N2CCCCC2C)n3CC2CC2)CC1. The Balaban J connectivity index is 1.43. The lowest BCUT2D eigenvalue weighted by molar-refractivity contribution is 0.0592. The second-order valence-electron chi connectivity index (χ2n) is 10.5. The molecule has 6 heteroatoms. The molecule has 33 heavy (non-hydrogen) atoms. The summed E-state index contributed by atoms with van der Waals surface area (Å²) in [6.45, 7) is 12.9. The lowest BCUT2D eigenvalue weighted by Gasteiger charge is -2.37. The van der Waals surface area contributed by atoms with Gasteiger partial charge in [-0.15, -0.1) is 0 Å². The summed E-state index contributed by atoms with van der Waals surface area (Å²) in [4.78, 5) is 25.8. The van der Waals surface area contributed by atoms with Crippen molar-refractivity contribution >= 4 is 22.9 Å². The molecule has 2 aliphatic heterocycles. The Kier molecular flexibility index (Phi) is 6.64. The summed E-state index contributed by atoms with van der Waals surface area (Å²) in [7, 11) is 0. The van der Waals surface area contributed by atoms with Crippen LogP contribution in [0.25, 0.3) is 11.0 Å². The molecule has 3 heterocycles. The molecule has 1 aromatic carbocycles. The van der Waals surface area contributed by atoms with Gasteiger partial charge in [0.1, 0.15) is 0 Å². The van der Waals surface area contributed by atoms with E-state index in [0.717, 1.165) is 75.1 Å². The summed E-state index contributed by atoms with van der Waals surface area (Å²) in [5.41, 5.74) is 2.95. The summed E-state index contributed by atoms with van der Waals surface area (Å²) >= 11 is 0. The number of benzene rings is 1. The minimum atomic E-state index is 0.166. The van der Waals surface area contributed by atoms with Crippen molar-refractivity contribution in [2.24, 2.45) is 5.92 Å². The molecule has 1 atom stereocenters. The van der Waals surface area contributed by atoms with Crippen LogP contribution in [0.3, 0.4) is 0 Å². The number of piperidine rings is 2. The van der Waals surface area contributed by atoms with Crippen LogP contribution in [-0.2, 0) is 6.54 Å². The van der Waals surface area contributed by atoms with E-state index in [1.807, 2.05) is 6.07 Å². The van der Waals surface area contributed by atoms with Crippen LogP contribution in [0.15, 0.2) is 18.2 Å². The molecule has 0 bridgehead atoms. The smallest absolute Gasteiger partial charge is 0.254 e. The number of aromatic nitrogens is 2. The van der Waals surface area contributed by atoms with Crippen molar-refractivity contribution in [1.29, 1.82) is 0 Å². The van der Waals surface area contributed by atoms with E-state index in [1.54, 1.807) is 0 Å². The van der Waals surface area contributed by atoms with Gasteiger partial charge in [-0.2, -0.15) is 0 Å². The first kappa shape index (κ1) is 22.7. The third-order valence-corrected chi connectivity index (χ3v) is 8.22. The maximum Gasteiger partial charge on any atom is 0.254 e. The van der Waals surface area contributed by atoms with Crippen LogP contribution in [0.2, 0.25) is 0 Å². The van der Waals surface area contributed by atoms with Gasteiger partial charge in [0, 0.05) is 50.4 Å². The third kappa shape index (κ3) is 4.64. The topological polar surface area (TPSA) is 44.6 Å². The maximum atomic E-state index is 13.6. The maximum absolute atomic E-state index is 13.6. The molecular weight excluding hydrogens is 410 g/mol. The van der Waals surface area contributed by atoms with Gasteiger partial charge in [-0.05, 0) is 89.5 Å². The molecule has 1 amide bonds. The molecule has 1 unspecified atom stereocenters. The van der Waals surface area contributed by atoms with Crippen molar-refractivity contribution in [2.45, 2.75) is 84.3 Å². The third-order valence-electron chi connectivity index (χ3n) is 8.22. The van der Waals surface area contributed by atoms with E-state index in [9.17, 15) is 4.79 Å². The van der Waals surface area contributed by atoms with Gasteiger partial charge in [0.25, 0.3) is 5.91 Å². The van der Waals surface area contributed by atoms with Gasteiger partial charge in [-0.3, -0.25) is 4.79 Å². The first-order valence-corrected chi connectivity index (χ1v) is 13.4. The average molecular weight is 452 g/mol. The molecule has 3 fully saturated rings. The predicted octanol–water partition coefficient (Wildman–Crippen LogP) is 4.77. The number of hydrogen-bond acceptors (Lipinski definition) is 4. The number of likely N-dealkylation sites (tertiary alicyclic amines) is 1. The highest BCUT2D eigenvalue weighted by Gasteiger charge is 2.30. The fourth-order valence-corrected chi connectivity index (χ4v) is 5.88. The van der Waals surface area contributed by atoms with Crippen LogP contribution < -0.4 is 4.90 Å². The van der Waals surface area contributed by atoms with Crippen molar-refractivity contribution in [2.75, 3.05) is 37.6 Å².